The monoisotopic (exact) mass is 365 g/mol. The maximum absolute atomic E-state index is 12.6. The molecule has 1 spiro atoms. The first-order valence-electron chi connectivity index (χ1n) is 9.11. The number of hydrogen-bond acceptors (Lipinski definition) is 3. The Morgan fingerprint density at radius 1 is 1.38 bits per heavy atom. The van der Waals surface area contributed by atoms with Crippen LogP contribution in [0.15, 0.2) is 30.5 Å². The molecule has 7 heteroatoms. The summed E-state index contributed by atoms with van der Waals surface area (Å²) in [6.07, 6.45) is 8.78. The fourth-order valence-electron chi connectivity index (χ4n) is 3.81. The number of pyridine rings is 1. The van der Waals surface area contributed by atoms with Gasteiger partial charge in [0.1, 0.15) is 0 Å². The van der Waals surface area contributed by atoms with E-state index in [9.17, 15) is 13.6 Å². The number of likely N-dealkylation sites (tertiary alicyclic amines) is 1. The second-order valence-electron chi connectivity index (χ2n) is 7.07. The fourth-order valence-corrected chi connectivity index (χ4v) is 3.81. The molecular weight excluding hydrogens is 340 g/mol. The SMILES string of the molecule is O=C(NCc1cccnc1OCC(F)F)N1CCCC2(CC=CCC2)C1. The second-order valence-corrected chi connectivity index (χ2v) is 7.07. The van der Waals surface area contributed by atoms with E-state index in [1.165, 1.54) is 6.20 Å². The van der Waals surface area contributed by atoms with Gasteiger partial charge in [-0.2, -0.15) is 0 Å². The number of alkyl halides is 2. The molecule has 26 heavy (non-hydrogen) atoms. The van der Waals surface area contributed by atoms with Crippen molar-refractivity contribution in [3.63, 3.8) is 0 Å². The van der Waals surface area contributed by atoms with E-state index in [1.54, 1.807) is 12.1 Å². The Kier molecular flexibility index (Phi) is 6.06. The highest BCUT2D eigenvalue weighted by molar-refractivity contribution is 5.74. The number of nitrogens with zero attached hydrogens (tertiary/aromatic N) is 2. The van der Waals surface area contributed by atoms with E-state index < -0.39 is 13.0 Å². The molecule has 3 rings (SSSR count). The van der Waals surface area contributed by atoms with Gasteiger partial charge in [0.15, 0.2) is 6.61 Å². The molecule has 0 aromatic carbocycles. The van der Waals surface area contributed by atoms with Crippen LogP contribution < -0.4 is 10.1 Å². The fraction of sp³-hybridized carbons (Fsp3) is 0.579. The van der Waals surface area contributed by atoms with Crippen molar-refractivity contribution in [1.29, 1.82) is 0 Å². The van der Waals surface area contributed by atoms with Crippen molar-refractivity contribution in [2.75, 3.05) is 19.7 Å². The summed E-state index contributed by atoms with van der Waals surface area (Å²) in [6.45, 7) is 1.01. The van der Waals surface area contributed by atoms with Crippen molar-refractivity contribution < 1.29 is 18.3 Å². The van der Waals surface area contributed by atoms with E-state index in [0.717, 1.165) is 45.2 Å². The number of halogens is 2. The predicted octanol–water partition coefficient (Wildman–Crippen LogP) is 3.76. The van der Waals surface area contributed by atoms with E-state index in [0.29, 0.717) is 5.56 Å². The summed E-state index contributed by atoms with van der Waals surface area (Å²) < 4.78 is 29.7. The highest BCUT2D eigenvalue weighted by Gasteiger charge is 2.36. The summed E-state index contributed by atoms with van der Waals surface area (Å²) in [4.78, 5) is 18.4. The van der Waals surface area contributed by atoms with Crippen LogP contribution in [0.3, 0.4) is 0 Å². The first-order chi connectivity index (χ1) is 12.6. The second kappa shape index (κ2) is 8.47. The quantitative estimate of drug-likeness (QED) is 0.809. The Bertz CT molecular complexity index is 653. The third kappa shape index (κ3) is 4.71. The van der Waals surface area contributed by atoms with Crippen molar-refractivity contribution in [2.45, 2.75) is 45.1 Å². The molecule has 0 saturated carbocycles. The van der Waals surface area contributed by atoms with Gasteiger partial charge in [0.05, 0.1) is 0 Å². The minimum Gasteiger partial charge on any atom is -0.471 e. The average Bonchev–Trinajstić information content (AvgIpc) is 2.65. The molecule has 1 fully saturated rings. The molecular formula is C19H25F2N3O2. The normalized spacial score (nSPS) is 22.7. The van der Waals surface area contributed by atoms with Crippen molar-refractivity contribution in [2.24, 2.45) is 5.41 Å². The lowest BCUT2D eigenvalue weighted by Gasteiger charge is -2.43. The van der Waals surface area contributed by atoms with Gasteiger partial charge in [0.2, 0.25) is 5.88 Å². The number of rotatable bonds is 5. The zero-order valence-corrected chi connectivity index (χ0v) is 14.8. The van der Waals surface area contributed by atoms with Gasteiger partial charge in [-0.1, -0.05) is 18.2 Å². The van der Waals surface area contributed by atoms with E-state index in [2.05, 4.69) is 22.5 Å². The number of carbonyl (C=O) groups excluding carboxylic acids is 1. The van der Waals surface area contributed by atoms with Gasteiger partial charge < -0.3 is 15.0 Å². The maximum Gasteiger partial charge on any atom is 0.317 e. The van der Waals surface area contributed by atoms with Gasteiger partial charge >= 0.3 is 6.03 Å². The summed E-state index contributed by atoms with van der Waals surface area (Å²) in [5, 5.41) is 2.88. The van der Waals surface area contributed by atoms with Gasteiger partial charge in [-0.15, -0.1) is 0 Å². The summed E-state index contributed by atoms with van der Waals surface area (Å²) in [5.74, 6) is 0.139. The number of allylic oxidation sites excluding steroid dienone is 2. The molecule has 1 atom stereocenters. The number of ether oxygens (including phenoxy) is 1. The number of amides is 2. The Morgan fingerprint density at radius 2 is 2.27 bits per heavy atom. The summed E-state index contributed by atoms with van der Waals surface area (Å²) in [7, 11) is 0. The lowest BCUT2D eigenvalue weighted by atomic mass is 9.71. The standard InChI is InChI=1S/C19H25F2N3O2/c20-16(21)13-26-17-15(6-4-10-22-17)12-23-18(25)24-11-5-9-19(14-24)7-2-1-3-8-19/h1-2,4,6,10,16H,3,5,7-9,11-14H2,(H,23,25). The number of carbonyl (C=O) groups is 1. The van der Waals surface area contributed by atoms with Crippen LogP contribution in [0.1, 0.15) is 37.7 Å². The molecule has 1 aromatic rings. The Hall–Kier alpha value is -2.18. The third-order valence-electron chi connectivity index (χ3n) is 5.13. The smallest absolute Gasteiger partial charge is 0.317 e. The molecule has 1 saturated heterocycles. The van der Waals surface area contributed by atoms with Crippen LogP contribution >= 0.6 is 0 Å². The molecule has 142 valence electrons. The number of urea groups is 1. The van der Waals surface area contributed by atoms with Crippen LogP contribution in [0.2, 0.25) is 0 Å². The zero-order valence-electron chi connectivity index (χ0n) is 14.8. The van der Waals surface area contributed by atoms with Crippen molar-refractivity contribution in [1.82, 2.24) is 15.2 Å². The number of hydrogen-bond donors (Lipinski definition) is 1. The van der Waals surface area contributed by atoms with E-state index in [1.807, 2.05) is 4.90 Å². The van der Waals surface area contributed by atoms with Crippen LogP contribution in [0, 0.1) is 5.41 Å². The minimum absolute atomic E-state index is 0.123. The van der Waals surface area contributed by atoms with Crippen LogP contribution in [0.5, 0.6) is 5.88 Å². The Balaban J connectivity index is 1.56. The van der Waals surface area contributed by atoms with Gasteiger partial charge in [-0.05, 0) is 43.6 Å². The maximum atomic E-state index is 12.6. The summed E-state index contributed by atoms with van der Waals surface area (Å²) in [5.41, 5.74) is 0.804. The summed E-state index contributed by atoms with van der Waals surface area (Å²) in [6, 6.07) is 3.29. The van der Waals surface area contributed by atoms with Crippen LogP contribution in [0.25, 0.3) is 0 Å². The molecule has 2 amide bonds. The molecule has 1 aromatic heterocycles. The highest BCUT2D eigenvalue weighted by Crippen LogP contribution is 2.40. The van der Waals surface area contributed by atoms with Gasteiger partial charge in [0, 0.05) is 31.4 Å². The van der Waals surface area contributed by atoms with E-state index in [4.69, 9.17) is 4.74 Å². The van der Waals surface area contributed by atoms with E-state index in [-0.39, 0.29) is 23.9 Å². The highest BCUT2D eigenvalue weighted by atomic mass is 19.3. The Morgan fingerprint density at radius 3 is 3.04 bits per heavy atom. The average molecular weight is 365 g/mol. The molecule has 2 heterocycles. The molecule has 0 radical (unpaired) electrons. The topological polar surface area (TPSA) is 54.5 Å². The van der Waals surface area contributed by atoms with Crippen molar-refractivity contribution in [3.8, 4) is 5.88 Å². The van der Waals surface area contributed by atoms with Gasteiger partial charge in [-0.3, -0.25) is 0 Å². The molecule has 1 unspecified atom stereocenters. The molecule has 1 N–H and O–H groups in total. The largest absolute Gasteiger partial charge is 0.471 e. The molecule has 1 aliphatic carbocycles. The molecule has 2 aliphatic rings. The number of nitrogens with one attached hydrogen (secondary N) is 1. The predicted molar refractivity (Wildman–Crippen MR) is 94.2 cm³/mol. The van der Waals surface area contributed by atoms with Gasteiger partial charge in [0.25, 0.3) is 6.43 Å². The first kappa shape index (κ1) is 18.6. The summed E-state index contributed by atoms with van der Waals surface area (Å²) >= 11 is 0. The Labute approximate surface area is 152 Å². The van der Waals surface area contributed by atoms with Crippen molar-refractivity contribution in [3.05, 3.63) is 36.0 Å². The first-order valence-corrected chi connectivity index (χ1v) is 9.11. The molecule has 5 nitrogen and oxygen atoms in total. The van der Waals surface area contributed by atoms with Crippen LogP contribution in [-0.2, 0) is 6.54 Å². The van der Waals surface area contributed by atoms with Gasteiger partial charge in [-0.25, -0.2) is 18.6 Å². The van der Waals surface area contributed by atoms with Crippen LogP contribution in [-0.4, -0.2) is 42.0 Å². The number of piperidine rings is 1. The van der Waals surface area contributed by atoms with E-state index >= 15 is 0 Å². The van der Waals surface area contributed by atoms with Crippen molar-refractivity contribution >= 4 is 6.03 Å². The molecule has 0 bridgehead atoms. The third-order valence-corrected chi connectivity index (χ3v) is 5.13. The lowest BCUT2D eigenvalue weighted by molar-refractivity contribution is 0.0788. The zero-order chi connectivity index (χ0) is 18.4. The number of aromatic nitrogens is 1. The molecule has 1 aliphatic heterocycles. The van der Waals surface area contributed by atoms with Crippen LogP contribution in [0.4, 0.5) is 13.6 Å². The lowest BCUT2D eigenvalue weighted by Crippen LogP contribution is -2.49. The minimum atomic E-state index is -2.56.